The highest BCUT2D eigenvalue weighted by Gasteiger charge is 2.21. The minimum atomic E-state index is -0.321. The van der Waals surface area contributed by atoms with E-state index in [2.05, 4.69) is 15.5 Å². The van der Waals surface area contributed by atoms with Crippen molar-refractivity contribution in [1.82, 2.24) is 25.0 Å². The maximum atomic E-state index is 13.4. The average Bonchev–Trinajstić information content (AvgIpc) is 3.20. The molecule has 3 aromatic rings. The van der Waals surface area contributed by atoms with Crippen LogP contribution in [0.2, 0.25) is 5.02 Å². The lowest BCUT2D eigenvalue weighted by Crippen LogP contribution is -2.29. The number of nitrogens with one attached hydrogen (secondary N) is 1. The van der Waals surface area contributed by atoms with Gasteiger partial charge in [-0.05, 0) is 69.6 Å². The Bertz CT molecular complexity index is 1030. The first-order valence-corrected chi connectivity index (χ1v) is 11.4. The van der Waals surface area contributed by atoms with E-state index in [9.17, 15) is 9.18 Å². The number of halogens is 2. The summed E-state index contributed by atoms with van der Waals surface area (Å²) in [4.78, 5) is 14.3. The molecule has 0 aliphatic heterocycles. The molecule has 1 unspecified atom stereocenters. The Morgan fingerprint density at radius 2 is 1.88 bits per heavy atom. The third-order valence-electron chi connectivity index (χ3n) is 4.73. The minimum Gasteiger partial charge on any atom is -0.492 e. The molecule has 7 nitrogen and oxygen atoms in total. The second kappa shape index (κ2) is 11.3. The summed E-state index contributed by atoms with van der Waals surface area (Å²) in [6.45, 7) is 2.72. The van der Waals surface area contributed by atoms with E-state index in [-0.39, 0.29) is 23.5 Å². The largest absolute Gasteiger partial charge is 0.492 e. The molecular formula is C22H25ClFN5O2S. The molecule has 2 aromatic carbocycles. The van der Waals surface area contributed by atoms with Gasteiger partial charge in [0, 0.05) is 10.7 Å². The van der Waals surface area contributed by atoms with Gasteiger partial charge in [-0.25, -0.2) is 4.39 Å². The van der Waals surface area contributed by atoms with Crippen LogP contribution in [-0.4, -0.2) is 58.6 Å². The van der Waals surface area contributed by atoms with Crippen molar-refractivity contribution in [2.75, 3.05) is 33.0 Å². The van der Waals surface area contributed by atoms with Crippen molar-refractivity contribution in [3.05, 3.63) is 65.2 Å². The van der Waals surface area contributed by atoms with Crippen molar-refractivity contribution in [2.24, 2.45) is 0 Å². The zero-order chi connectivity index (χ0) is 23.1. The maximum Gasteiger partial charge on any atom is 0.230 e. The van der Waals surface area contributed by atoms with Crippen LogP contribution in [0.3, 0.4) is 0 Å². The summed E-state index contributed by atoms with van der Waals surface area (Å²) in [5.41, 5.74) is 0.736. The van der Waals surface area contributed by atoms with Gasteiger partial charge in [0.15, 0.2) is 11.0 Å². The summed E-state index contributed by atoms with van der Waals surface area (Å²) < 4.78 is 20.8. The van der Waals surface area contributed by atoms with Gasteiger partial charge in [-0.2, -0.15) is 0 Å². The van der Waals surface area contributed by atoms with Gasteiger partial charge in [0.25, 0.3) is 0 Å². The summed E-state index contributed by atoms with van der Waals surface area (Å²) in [7, 11) is 3.89. The molecule has 0 saturated carbocycles. The highest BCUT2D eigenvalue weighted by molar-refractivity contribution is 7.99. The Morgan fingerprint density at radius 1 is 1.19 bits per heavy atom. The van der Waals surface area contributed by atoms with Crippen molar-refractivity contribution >= 4 is 29.3 Å². The van der Waals surface area contributed by atoms with Crippen molar-refractivity contribution in [2.45, 2.75) is 18.1 Å². The number of ether oxygens (including phenoxy) is 1. The van der Waals surface area contributed by atoms with Crippen LogP contribution in [0.5, 0.6) is 5.75 Å². The average molecular weight is 478 g/mol. The second-order valence-electron chi connectivity index (χ2n) is 7.23. The van der Waals surface area contributed by atoms with E-state index in [4.69, 9.17) is 16.3 Å². The topological polar surface area (TPSA) is 72.3 Å². The zero-order valence-corrected chi connectivity index (χ0v) is 19.7. The summed E-state index contributed by atoms with van der Waals surface area (Å²) in [5, 5.41) is 12.6. The number of carbonyl (C=O) groups is 1. The number of carbonyl (C=O) groups excluding carboxylic acids is 1. The molecule has 1 atom stereocenters. The highest BCUT2D eigenvalue weighted by Crippen LogP contribution is 2.26. The van der Waals surface area contributed by atoms with Crippen LogP contribution in [0.1, 0.15) is 18.8 Å². The zero-order valence-electron chi connectivity index (χ0n) is 18.1. The maximum absolute atomic E-state index is 13.4. The molecule has 1 heterocycles. The third kappa shape index (κ3) is 6.44. The SMILES string of the molecule is CC(c1nnc(SCC(=O)NCCOc2ccc(Cl)cc2)n1-c1ccc(F)cc1)N(C)C. The third-order valence-corrected chi connectivity index (χ3v) is 5.91. The van der Waals surface area contributed by atoms with Crippen molar-refractivity contribution in [1.29, 1.82) is 0 Å². The fourth-order valence-corrected chi connectivity index (χ4v) is 3.70. The molecule has 0 aliphatic carbocycles. The Hall–Kier alpha value is -2.62. The van der Waals surface area contributed by atoms with E-state index in [0.29, 0.717) is 34.9 Å². The number of nitrogens with zero attached hydrogens (tertiary/aromatic N) is 4. The van der Waals surface area contributed by atoms with Crippen molar-refractivity contribution in [3.63, 3.8) is 0 Å². The van der Waals surface area contributed by atoms with Gasteiger partial charge >= 0.3 is 0 Å². The Kier molecular flexibility index (Phi) is 8.49. The number of hydrogen-bond acceptors (Lipinski definition) is 6. The first kappa shape index (κ1) is 24.0. The number of rotatable bonds is 10. The summed E-state index contributed by atoms with van der Waals surface area (Å²) in [5.74, 6) is 1.09. The fraction of sp³-hybridized carbons (Fsp3) is 0.318. The van der Waals surface area contributed by atoms with Gasteiger partial charge in [-0.1, -0.05) is 23.4 Å². The number of benzene rings is 2. The first-order chi connectivity index (χ1) is 15.3. The molecule has 0 spiro atoms. The van der Waals surface area contributed by atoms with Crippen molar-refractivity contribution < 1.29 is 13.9 Å². The lowest BCUT2D eigenvalue weighted by atomic mass is 10.2. The molecule has 1 N–H and O–H groups in total. The van der Waals surface area contributed by atoms with Crippen LogP contribution >= 0.6 is 23.4 Å². The van der Waals surface area contributed by atoms with Gasteiger partial charge in [0.1, 0.15) is 18.2 Å². The number of aromatic nitrogens is 3. The molecule has 0 saturated heterocycles. The van der Waals surface area contributed by atoms with Crippen LogP contribution in [0.15, 0.2) is 53.7 Å². The summed E-state index contributed by atoms with van der Waals surface area (Å²) >= 11 is 7.12. The van der Waals surface area contributed by atoms with E-state index >= 15 is 0 Å². The van der Waals surface area contributed by atoms with E-state index in [0.717, 1.165) is 5.69 Å². The Balaban J connectivity index is 1.59. The van der Waals surface area contributed by atoms with Gasteiger partial charge in [0.2, 0.25) is 5.91 Å². The van der Waals surface area contributed by atoms with Crippen LogP contribution in [0.25, 0.3) is 5.69 Å². The van der Waals surface area contributed by atoms with E-state index in [1.165, 1.54) is 23.9 Å². The molecule has 0 radical (unpaired) electrons. The lowest BCUT2D eigenvalue weighted by molar-refractivity contribution is -0.118. The molecule has 0 fully saturated rings. The number of amides is 1. The molecule has 1 amide bonds. The molecule has 32 heavy (non-hydrogen) atoms. The first-order valence-electron chi connectivity index (χ1n) is 10.0. The van der Waals surface area contributed by atoms with Crippen LogP contribution in [0, 0.1) is 5.82 Å². The summed E-state index contributed by atoms with van der Waals surface area (Å²) in [6, 6.07) is 13.1. The van der Waals surface area contributed by atoms with Crippen LogP contribution in [0.4, 0.5) is 4.39 Å². The molecule has 0 aliphatic rings. The smallest absolute Gasteiger partial charge is 0.230 e. The number of hydrogen-bond donors (Lipinski definition) is 1. The Morgan fingerprint density at radius 3 is 2.53 bits per heavy atom. The standard InChI is InChI=1S/C22H25ClFN5O2S/c1-15(28(2)3)21-26-27-22(29(21)18-8-6-17(24)7-9-18)32-14-20(30)25-12-13-31-19-10-4-16(23)5-11-19/h4-11,15H,12-14H2,1-3H3,(H,25,30). The van der Waals surface area contributed by atoms with Gasteiger partial charge < -0.3 is 10.1 Å². The van der Waals surface area contributed by atoms with E-state index in [1.807, 2.05) is 30.5 Å². The molecule has 170 valence electrons. The van der Waals surface area contributed by atoms with Crippen LogP contribution in [-0.2, 0) is 4.79 Å². The fourth-order valence-electron chi connectivity index (χ4n) is 2.78. The Labute approximate surface area is 195 Å². The highest BCUT2D eigenvalue weighted by atomic mass is 35.5. The van der Waals surface area contributed by atoms with Crippen molar-refractivity contribution in [3.8, 4) is 11.4 Å². The predicted octanol–water partition coefficient (Wildman–Crippen LogP) is 3.97. The van der Waals surface area contributed by atoms with Gasteiger partial charge in [-0.3, -0.25) is 14.3 Å². The predicted molar refractivity (Wildman–Crippen MR) is 124 cm³/mol. The van der Waals surface area contributed by atoms with Crippen LogP contribution < -0.4 is 10.1 Å². The molecular weight excluding hydrogens is 453 g/mol. The quantitative estimate of drug-likeness (QED) is 0.352. The van der Waals surface area contributed by atoms with Gasteiger partial charge in [-0.15, -0.1) is 10.2 Å². The molecule has 0 bridgehead atoms. The second-order valence-corrected chi connectivity index (χ2v) is 8.61. The number of thioether (sulfide) groups is 1. The molecule has 10 heteroatoms. The normalized spacial score (nSPS) is 12.1. The minimum absolute atomic E-state index is 0.0271. The van der Waals surface area contributed by atoms with Gasteiger partial charge in [0.05, 0.1) is 18.3 Å². The summed E-state index contributed by atoms with van der Waals surface area (Å²) in [6.07, 6.45) is 0. The van der Waals surface area contributed by atoms with E-state index in [1.54, 1.807) is 36.4 Å². The molecule has 1 aromatic heterocycles. The van der Waals surface area contributed by atoms with E-state index < -0.39 is 0 Å². The molecule has 3 rings (SSSR count). The lowest BCUT2D eigenvalue weighted by Gasteiger charge is -2.20. The monoisotopic (exact) mass is 477 g/mol.